The molecule has 1 fully saturated rings. The van der Waals surface area contributed by atoms with Crippen LogP contribution in [0.2, 0.25) is 0 Å². The number of pyridine rings is 1. The first-order valence-corrected chi connectivity index (χ1v) is 9.16. The van der Waals surface area contributed by atoms with E-state index in [0.29, 0.717) is 18.1 Å². The van der Waals surface area contributed by atoms with Gasteiger partial charge >= 0.3 is 0 Å². The lowest BCUT2D eigenvalue weighted by Gasteiger charge is -2.20. The number of nitrogens with zero attached hydrogens (tertiary/aromatic N) is 4. The van der Waals surface area contributed by atoms with Gasteiger partial charge in [0.2, 0.25) is 11.8 Å². The van der Waals surface area contributed by atoms with Crippen LogP contribution in [0.15, 0.2) is 55.0 Å². The summed E-state index contributed by atoms with van der Waals surface area (Å²) >= 11 is 0. The molecule has 0 bridgehead atoms. The number of benzene rings is 1. The molecule has 1 N–H and O–H groups in total. The molecule has 1 aliphatic rings. The minimum Gasteiger partial charge on any atom is -0.324 e. The summed E-state index contributed by atoms with van der Waals surface area (Å²) in [7, 11) is 0. The van der Waals surface area contributed by atoms with Crippen LogP contribution < -0.4 is 10.2 Å². The van der Waals surface area contributed by atoms with Crippen molar-refractivity contribution in [2.45, 2.75) is 20.3 Å². The van der Waals surface area contributed by atoms with Crippen LogP contribution in [0.3, 0.4) is 0 Å². The van der Waals surface area contributed by atoms with Crippen molar-refractivity contribution in [2.75, 3.05) is 16.8 Å². The van der Waals surface area contributed by atoms with Crippen molar-refractivity contribution in [2.24, 2.45) is 5.92 Å². The van der Waals surface area contributed by atoms with Crippen molar-refractivity contribution >= 4 is 23.2 Å². The second-order valence-electron chi connectivity index (χ2n) is 6.97. The maximum Gasteiger partial charge on any atom is 0.229 e. The standard InChI is InChI=1S/C21H21N5O2/c1-14-5-3-6-18(15(14)2)25-13-16(11-20(25)27)21(28)24-17-7-8-19(22-12-17)26-10-4-9-23-26/h3-10,12,16H,11,13H2,1-2H3,(H,24,28). The second-order valence-corrected chi connectivity index (χ2v) is 6.97. The fourth-order valence-corrected chi connectivity index (χ4v) is 3.39. The lowest BCUT2D eigenvalue weighted by atomic mass is 10.1. The summed E-state index contributed by atoms with van der Waals surface area (Å²) in [4.78, 5) is 31.2. The quantitative estimate of drug-likeness (QED) is 0.760. The molecule has 28 heavy (non-hydrogen) atoms. The fraction of sp³-hybridized carbons (Fsp3) is 0.238. The number of anilines is 2. The average Bonchev–Trinajstić information content (AvgIpc) is 3.35. The van der Waals surface area contributed by atoms with Crippen LogP contribution >= 0.6 is 0 Å². The molecule has 2 amide bonds. The molecule has 4 rings (SSSR count). The van der Waals surface area contributed by atoms with Crippen LogP contribution in [0.1, 0.15) is 17.5 Å². The molecule has 0 saturated carbocycles. The van der Waals surface area contributed by atoms with Crippen molar-refractivity contribution < 1.29 is 9.59 Å². The number of hydrogen-bond donors (Lipinski definition) is 1. The van der Waals surface area contributed by atoms with Crippen molar-refractivity contribution in [3.05, 3.63) is 66.1 Å². The highest BCUT2D eigenvalue weighted by molar-refractivity contribution is 6.03. The molecule has 1 aliphatic heterocycles. The first-order valence-electron chi connectivity index (χ1n) is 9.16. The maximum atomic E-state index is 12.7. The van der Waals surface area contributed by atoms with Gasteiger partial charge in [-0.2, -0.15) is 5.10 Å². The molecule has 0 aliphatic carbocycles. The molecule has 1 atom stereocenters. The van der Waals surface area contributed by atoms with Crippen molar-refractivity contribution in [3.63, 3.8) is 0 Å². The lowest BCUT2D eigenvalue weighted by molar-refractivity contribution is -0.122. The van der Waals surface area contributed by atoms with E-state index >= 15 is 0 Å². The van der Waals surface area contributed by atoms with Gasteiger partial charge in [0, 0.05) is 31.0 Å². The summed E-state index contributed by atoms with van der Waals surface area (Å²) in [6.07, 6.45) is 5.27. The predicted octanol–water partition coefficient (Wildman–Crippen LogP) is 2.88. The van der Waals surface area contributed by atoms with Gasteiger partial charge in [-0.25, -0.2) is 9.67 Å². The Bertz CT molecular complexity index is 1010. The topological polar surface area (TPSA) is 80.1 Å². The summed E-state index contributed by atoms with van der Waals surface area (Å²) in [5.74, 6) is 0.0779. The average molecular weight is 375 g/mol. The van der Waals surface area contributed by atoms with E-state index in [1.165, 1.54) is 0 Å². The molecule has 3 aromatic rings. The van der Waals surface area contributed by atoms with Crippen molar-refractivity contribution in [3.8, 4) is 5.82 Å². The number of hydrogen-bond acceptors (Lipinski definition) is 4. The number of nitrogens with one attached hydrogen (secondary N) is 1. The zero-order valence-corrected chi connectivity index (χ0v) is 15.8. The fourth-order valence-electron chi connectivity index (χ4n) is 3.39. The first-order chi connectivity index (χ1) is 13.5. The molecule has 7 heteroatoms. The van der Waals surface area contributed by atoms with Crippen LogP contribution in [0.25, 0.3) is 5.82 Å². The van der Waals surface area contributed by atoms with Crippen LogP contribution in [0.5, 0.6) is 0 Å². The van der Waals surface area contributed by atoms with Gasteiger partial charge in [0.05, 0.1) is 17.8 Å². The van der Waals surface area contributed by atoms with Gasteiger partial charge in [-0.1, -0.05) is 12.1 Å². The first kappa shape index (κ1) is 17.9. The number of amides is 2. The van der Waals surface area contributed by atoms with E-state index in [0.717, 1.165) is 16.8 Å². The Morgan fingerprint density at radius 3 is 2.75 bits per heavy atom. The van der Waals surface area contributed by atoms with Gasteiger partial charge in [0.25, 0.3) is 0 Å². The Balaban J connectivity index is 1.44. The van der Waals surface area contributed by atoms with Crippen LogP contribution in [0, 0.1) is 19.8 Å². The summed E-state index contributed by atoms with van der Waals surface area (Å²) in [5.41, 5.74) is 3.67. The van der Waals surface area contributed by atoms with Crippen LogP contribution in [-0.4, -0.2) is 33.1 Å². The van der Waals surface area contributed by atoms with E-state index in [1.54, 1.807) is 40.3 Å². The van der Waals surface area contributed by atoms with E-state index in [9.17, 15) is 9.59 Å². The number of aryl methyl sites for hydroxylation is 1. The smallest absolute Gasteiger partial charge is 0.229 e. The van der Waals surface area contributed by atoms with Gasteiger partial charge in [0.15, 0.2) is 5.82 Å². The molecule has 0 radical (unpaired) electrons. The summed E-state index contributed by atoms with van der Waals surface area (Å²) in [6.45, 7) is 4.40. The molecule has 2 aromatic heterocycles. The van der Waals surface area contributed by atoms with Gasteiger partial charge in [-0.15, -0.1) is 0 Å². The summed E-state index contributed by atoms with van der Waals surface area (Å²) < 4.78 is 1.64. The Labute approximate surface area is 163 Å². The van der Waals surface area contributed by atoms with E-state index in [2.05, 4.69) is 15.4 Å². The highest BCUT2D eigenvalue weighted by Gasteiger charge is 2.35. The normalized spacial score (nSPS) is 16.4. The predicted molar refractivity (Wildman–Crippen MR) is 106 cm³/mol. The Kier molecular flexibility index (Phi) is 4.65. The van der Waals surface area contributed by atoms with Gasteiger partial charge in [0.1, 0.15) is 0 Å². The van der Waals surface area contributed by atoms with Crippen molar-refractivity contribution in [1.82, 2.24) is 14.8 Å². The van der Waals surface area contributed by atoms with Gasteiger partial charge in [-0.3, -0.25) is 9.59 Å². The number of rotatable bonds is 4. The molecule has 3 heterocycles. The number of carbonyl (C=O) groups is 2. The highest BCUT2D eigenvalue weighted by atomic mass is 16.2. The van der Waals surface area contributed by atoms with E-state index in [-0.39, 0.29) is 18.2 Å². The maximum absolute atomic E-state index is 12.7. The lowest BCUT2D eigenvalue weighted by Crippen LogP contribution is -2.28. The molecule has 7 nitrogen and oxygen atoms in total. The SMILES string of the molecule is Cc1cccc(N2CC(C(=O)Nc3ccc(-n4cccn4)nc3)CC2=O)c1C. The Morgan fingerprint density at radius 2 is 2.04 bits per heavy atom. The molecule has 1 aromatic carbocycles. The second kappa shape index (κ2) is 7.26. The largest absolute Gasteiger partial charge is 0.324 e. The summed E-state index contributed by atoms with van der Waals surface area (Å²) in [5, 5.41) is 6.99. The molecule has 1 saturated heterocycles. The monoisotopic (exact) mass is 375 g/mol. The Hall–Kier alpha value is -3.48. The third-order valence-corrected chi connectivity index (χ3v) is 5.12. The Morgan fingerprint density at radius 1 is 1.18 bits per heavy atom. The number of aromatic nitrogens is 3. The molecular weight excluding hydrogens is 354 g/mol. The highest BCUT2D eigenvalue weighted by Crippen LogP contribution is 2.30. The third kappa shape index (κ3) is 3.38. The van der Waals surface area contributed by atoms with Crippen molar-refractivity contribution in [1.29, 1.82) is 0 Å². The van der Waals surface area contributed by atoms with Crippen LogP contribution in [-0.2, 0) is 9.59 Å². The molecule has 0 spiro atoms. The van der Waals surface area contributed by atoms with Gasteiger partial charge < -0.3 is 10.2 Å². The van der Waals surface area contributed by atoms with E-state index in [1.807, 2.05) is 38.1 Å². The number of carbonyl (C=O) groups excluding carboxylic acids is 2. The minimum absolute atomic E-state index is 0.0268. The van der Waals surface area contributed by atoms with E-state index in [4.69, 9.17) is 0 Å². The molecule has 142 valence electrons. The summed E-state index contributed by atoms with van der Waals surface area (Å²) in [6, 6.07) is 11.3. The third-order valence-electron chi connectivity index (χ3n) is 5.12. The minimum atomic E-state index is -0.391. The zero-order chi connectivity index (χ0) is 19.7. The van der Waals surface area contributed by atoms with Crippen LogP contribution in [0.4, 0.5) is 11.4 Å². The molecular formula is C21H21N5O2. The van der Waals surface area contributed by atoms with E-state index < -0.39 is 5.92 Å². The molecule has 1 unspecified atom stereocenters. The van der Waals surface area contributed by atoms with Gasteiger partial charge in [-0.05, 0) is 49.2 Å². The zero-order valence-electron chi connectivity index (χ0n) is 15.8.